The van der Waals surface area contributed by atoms with Gasteiger partial charge in [-0.15, -0.1) is 0 Å². The van der Waals surface area contributed by atoms with Crippen LogP contribution in [-0.2, 0) is 4.74 Å². The van der Waals surface area contributed by atoms with Gasteiger partial charge in [0.2, 0.25) is 0 Å². The molecule has 78 valence electrons. The van der Waals surface area contributed by atoms with Gasteiger partial charge < -0.3 is 9.84 Å². The summed E-state index contributed by atoms with van der Waals surface area (Å²) in [4.78, 5) is 0. The third-order valence-electron chi connectivity index (χ3n) is 2.89. The second kappa shape index (κ2) is 6.39. The summed E-state index contributed by atoms with van der Waals surface area (Å²) in [5.41, 5.74) is 0. The van der Waals surface area contributed by atoms with Crippen LogP contribution in [0.3, 0.4) is 0 Å². The van der Waals surface area contributed by atoms with E-state index in [2.05, 4.69) is 6.92 Å². The number of rotatable bonds is 6. The van der Waals surface area contributed by atoms with Gasteiger partial charge >= 0.3 is 0 Å². The molecule has 0 saturated heterocycles. The molecule has 1 N–H and O–H groups in total. The van der Waals surface area contributed by atoms with Gasteiger partial charge in [0.05, 0.1) is 6.10 Å². The second-order valence-corrected chi connectivity index (χ2v) is 4.01. The highest BCUT2D eigenvalue weighted by atomic mass is 16.5. The molecule has 1 aliphatic rings. The Morgan fingerprint density at radius 1 is 1.31 bits per heavy atom. The number of unbranched alkanes of at least 4 members (excludes halogenated alkanes) is 1. The zero-order chi connectivity index (χ0) is 9.52. The lowest BCUT2D eigenvalue weighted by atomic mass is 10.0. The fraction of sp³-hybridized carbons (Fsp3) is 1.00. The van der Waals surface area contributed by atoms with E-state index in [-0.39, 0.29) is 6.10 Å². The van der Waals surface area contributed by atoms with Crippen LogP contribution in [0.15, 0.2) is 0 Å². The van der Waals surface area contributed by atoms with Crippen molar-refractivity contribution in [3.05, 3.63) is 0 Å². The van der Waals surface area contributed by atoms with E-state index in [1.54, 1.807) is 0 Å². The van der Waals surface area contributed by atoms with Gasteiger partial charge in [0.1, 0.15) is 0 Å². The van der Waals surface area contributed by atoms with Crippen LogP contribution in [0.1, 0.15) is 45.4 Å². The lowest BCUT2D eigenvalue weighted by Crippen LogP contribution is -2.15. The molecule has 2 heteroatoms. The molecule has 2 unspecified atom stereocenters. The van der Waals surface area contributed by atoms with Crippen LogP contribution in [-0.4, -0.2) is 24.4 Å². The summed E-state index contributed by atoms with van der Waals surface area (Å²) in [7, 11) is 0. The Hall–Kier alpha value is -0.0800. The van der Waals surface area contributed by atoms with Crippen molar-refractivity contribution >= 4 is 0 Å². The average molecular weight is 186 g/mol. The Morgan fingerprint density at radius 2 is 2.15 bits per heavy atom. The summed E-state index contributed by atoms with van der Waals surface area (Å²) >= 11 is 0. The molecular formula is C11H22O2. The highest BCUT2D eigenvalue weighted by Crippen LogP contribution is 2.27. The van der Waals surface area contributed by atoms with E-state index in [1.165, 1.54) is 19.3 Å². The first-order valence-corrected chi connectivity index (χ1v) is 5.60. The quantitative estimate of drug-likeness (QED) is 0.645. The van der Waals surface area contributed by atoms with E-state index >= 15 is 0 Å². The van der Waals surface area contributed by atoms with Gasteiger partial charge in [-0.05, 0) is 31.6 Å². The first kappa shape index (κ1) is 11.0. The van der Waals surface area contributed by atoms with Crippen molar-refractivity contribution in [2.45, 2.75) is 51.6 Å². The lowest BCUT2D eigenvalue weighted by molar-refractivity contribution is 0.0800. The van der Waals surface area contributed by atoms with Crippen LogP contribution in [0.5, 0.6) is 0 Å². The van der Waals surface area contributed by atoms with Crippen LogP contribution < -0.4 is 0 Å². The number of aliphatic hydroxyl groups is 1. The smallest absolute Gasteiger partial charge is 0.0569 e. The predicted molar refractivity (Wildman–Crippen MR) is 53.7 cm³/mol. The summed E-state index contributed by atoms with van der Waals surface area (Å²) < 4.78 is 5.47. The Labute approximate surface area is 81.3 Å². The van der Waals surface area contributed by atoms with E-state index in [0.717, 1.165) is 32.5 Å². The Balaban J connectivity index is 1.93. The zero-order valence-electron chi connectivity index (χ0n) is 8.67. The molecule has 13 heavy (non-hydrogen) atoms. The van der Waals surface area contributed by atoms with E-state index in [4.69, 9.17) is 4.74 Å². The van der Waals surface area contributed by atoms with Crippen molar-refractivity contribution in [1.82, 2.24) is 0 Å². The topological polar surface area (TPSA) is 29.5 Å². The van der Waals surface area contributed by atoms with Crippen molar-refractivity contribution in [3.8, 4) is 0 Å². The summed E-state index contributed by atoms with van der Waals surface area (Å²) in [6.45, 7) is 3.89. The highest BCUT2D eigenvalue weighted by Gasteiger charge is 2.24. The maximum atomic E-state index is 9.54. The van der Waals surface area contributed by atoms with Crippen LogP contribution in [0.25, 0.3) is 0 Å². The fourth-order valence-corrected chi connectivity index (χ4v) is 1.94. The largest absolute Gasteiger partial charge is 0.393 e. The van der Waals surface area contributed by atoms with E-state index < -0.39 is 0 Å². The molecule has 1 rings (SSSR count). The van der Waals surface area contributed by atoms with Crippen LogP contribution >= 0.6 is 0 Å². The standard InChI is InChI=1S/C11H22O2/c1-2-3-8-13-9-7-10-5-4-6-11(10)12/h10-12H,2-9H2,1H3. The molecule has 0 aliphatic heterocycles. The van der Waals surface area contributed by atoms with Crippen LogP contribution in [0.4, 0.5) is 0 Å². The van der Waals surface area contributed by atoms with Crippen LogP contribution in [0, 0.1) is 5.92 Å². The third kappa shape index (κ3) is 4.10. The van der Waals surface area contributed by atoms with Gasteiger partial charge in [-0.3, -0.25) is 0 Å². The number of hydrogen-bond donors (Lipinski definition) is 1. The minimum Gasteiger partial charge on any atom is -0.393 e. The Bertz CT molecular complexity index is 125. The van der Waals surface area contributed by atoms with Crippen molar-refractivity contribution in [1.29, 1.82) is 0 Å². The molecule has 0 aromatic carbocycles. The monoisotopic (exact) mass is 186 g/mol. The lowest BCUT2D eigenvalue weighted by Gasteiger charge is -2.13. The molecule has 0 radical (unpaired) electrons. The summed E-state index contributed by atoms with van der Waals surface area (Å²) in [5.74, 6) is 0.515. The molecule has 2 nitrogen and oxygen atoms in total. The van der Waals surface area contributed by atoms with Gasteiger partial charge in [-0.2, -0.15) is 0 Å². The van der Waals surface area contributed by atoms with Crippen molar-refractivity contribution in [2.24, 2.45) is 5.92 Å². The SMILES string of the molecule is CCCCOCCC1CCCC1O. The van der Waals surface area contributed by atoms with Crippen molar-refractivity contribution in [2.75, 3.05) is 13.2 Å². The molecule has 0 heterocycles. The Morgan fingerprint density at radius 3 is 2.77 bits per heavy atom. The first-order chi connectivity index (χ1) is 6.34. The van der Waals surface area contributed by atoms with Gasteiger partial charge in [-0.1, -0.05) is 19.8 Å². The molecule has 1 saturated carbocycles. The number of hydrogen-bond acceptors (Lipinski definition) is 2. The van der Waals surface area contributed by atoms with Crippen molar-refractivity contribution < 1.29 is 9.84 Å². The molecule has 2 atom stereocenters. The average Bonchev–Trinajstić information content (AvgIpc) is 2.52. The maximum Gasteiger partial charge on any atom is 0.0569 e. The maximum absolute atomic E-state index is 9.54. The minimum absolute atomic E-state index is 0.0465. The number of ether oxygens (including phenoxy) is 1. The van der Waals surface area contributed by atoms with Gasteiger partial charge in [0.25, 0.3) is 0 Å². The van der Waals surface area contributed by atoms with Crippen LogP contribution in [0.2, 0.25) is 0 Å². The van der Waals surface area contributed by atoms with Gasteiger partial charge in [0.15, 0.2) is 0 Å². The van der Waals surface area contributed by atoms with E-state index in [1.807, 2.05) is 0 Å². The summed E-state index contributed by atoms with van der Waals surface area (Å²) in [6.07, 6.45) is 6.75. The molecule has 0 spiro atoms. The third-order valence-corrected chi connectivity index (χ3v) is 2.89. The fourth-order valence-electron chi connectivity index (χ4n) is 1.94. The van der Waals surface area contributed by atoms with E-state index in [0.29, 0.717) is 5.92 Å². The minimum atomic E-state index is -0.0465. The molecule has 0 amide bonds. The molecule has 0 bridgehead atoms. The van der Waals surface area contributed by atoms with Gasteiger partial charge in [0, 0.05) is 13.2 Å². The predicted octanol–water partition coefficient (Wildman–Crippen LogP) is 2.35. The van der Waals surface area contributed by atoms with Crippen molar-refractivity contribution in [3.63, 3.8) is 0 Å². The first-order valence-electron chi connectivity index (χ1n) is 5.60. The molecule has 0 aromatic rings. The highest BCUT2D eigenvalue weighted by molar-refractivity contribution is 4.76. The molecule has 1 aliphatic carbocycles. The van der Waals surface area contributed by atoms with Gasteiger partial charge in [-0.25, -0.2) is 0 Å². The normalized spacial score (nSPS) is 28.2. The number of aliphatic hydroxyl groups excluding tert-OH is 1. The summed E-state index contributed by atoms with van der Waals surface area (Å²) in [5, 5.41) is 9.54. The van der Waals surface area contributed by atoms with E-state index in [9.17, 15) is 5.11 Å². The molecule has 1 fully saturated rings. The zero-order valence-corrected chi connectivity index (χ0v) is 8.67. The summed E-state index contributed by atoms with van der Waals surface area (Å²) in [6, 6.07) is 0. The molecule has 0 aromatic heterocycles. The Kier molecular flexibility index (Phi) is 5.40. The second-order valence-electron chi connectivity index (χ2n) is 4.01. The molecular weight excluding hydrogens is 164 g/mol.